The Balaban J connectivity index is 2.41. The third-order valence-corrected chi connectivity index (χ3v) is 4.30. The lowest BCUT2D eigenvalue weighted by Crippen LogP contribution is -2.59. The number of hydrogen-bond donors (Lipinski definition) is 2. The maximum absolute atomic E-state index is 10.9. The Bertz CT molecular complexity index is 269. The minimum Gasteiger partial charge on any atom is -0.324 e. The van der Waals surface area contributed by atoms with Crippen LogP contribution in [-0.2, 0) is 4.57 Å². The summed E-state index contributed by atoms with van der Waals surface area (Å²) in [4.78, 5) is 20.2. The molecule has 1 aliphatic heterocycles. The second-order valence-corrected chi connectivity index (χ2v) is 7.08. The van der Waals surface area contributed by atoms with Crippen molar-refractivity contribution in [2.75, 3.05) is 45.9 Å². The van der Waals surface area contributed by atoms with E-state index < -0.39 is 7.60 Å². The summed E-state index contributed by atoms with van der Waals surface area (Å²) in [5.74, 6) is 0. The standard InChI is InChI=1S/C10H23N2O3P/c1-10(2)11-4-6-12(3,7-5-11)8-9-16(13,14)15/h10H,4-9H2,1-3H3,(H-,13,14,15)/p+1. The Kier molecular flexibility index (Phi) is 4.55. The number of rotatable bonds is 4. The molecule has 0 bridgehead atoms. The van der Waals surface area contributed by atoms with Gasteiger partial charge in [0.15, 0.2) is 0 Å². The molecular formula is C10H24N2O3P+. The normalized spacial score (nSPS) is 22.6. The van der Waals surface area contributed by atoms with E-state index in [1.807, 2.05) is 0 Å². The molecule has 0 aromatic carbocycles. The van der Waals surface area contributed by atoms with E-state index in [1.165, 1.54) is 0 Å². The Morgan fingerprint density at radius 1 is 1.31 bits per heavy atom. The maximum atomic E-state index is 10.9. The highest BCUT2D eigenvalue weighted by Gasteiger charge is 2.31. The minimum absolute atomic E-state index is 0.00514. The molecule has 0 aromatic rings. The highest BCUT2D eigenvalue weighted by molar-refractivity contribution is 7.51. The number of nitrogens with zero attached hydrogens (tertiary/aromatic N) is 2. The molecule has 1 aliphatic rings. The van der Waals surface area contributed by atoms with Crippen LogP contribution in [0.3, 0.4) is 0 Å². The molecule has 2 N–H and O–H groups in total. The van der Waals surface area contributed by atoms with Gasteiger partial charge in [-0.2, -0.15) is 0 Å². The van der Waals surface area contributed by atoms with Gasteiger partial charge in [0, 0.05) is 19.1 Å². The van der Waals surface area contributed by atoms with Crippen LogP contribution in [0.4, 0.5) is 0 Å². The Morgan fingerprint density at radius 2 is 1.81 bits per heavy atom. The first-order chi connectivity index (χ1) is 7.22. The van der Waals surface area contributed by atoms with Crippen molar-refractivity contribution in [3.05, 3.63) is 0 Å². The first kappa shape index (κ1) is 14.1. The second-order valence-electron chi connectivity index (χ2n) is 5.31. The molecule has 6 heteroatoms. The van der Waals surface area contributed by atoms with Gasteiger partial charge in [0.1, 0.15) is 0 Å². The van der Waals surface area contributed by atoms with Gasteiger partial charge in [0.2, 0.25) is 0 Å². The van der Waals surface area contributed by atoms with Crippen molar-refractivity contribution < 1.29 is 18.8 Å². The highest BCUT2D eigenvalue weighted by atomic mass is 31.2. The highest BCUT2D eigenvalue weighted by Crippen LogP contribution is 2.34. The molecule has 0 aliphatic carbocycles. The minimum atomic E-state index is -3.84. The lowest BCUT2D eigenvalue weighted by molar-refractivity contribution is -0.911. The number of quaternary nitrogens is 1. The average molecular weight is 251 g/mol. The number of likely N-dealkylation sites (N-methyl/N-ethyl adjacent to an activating group) is 1. The summed E-state index contributed by atoms with van der Waals surface area (Å²) in [5.41, 5.74) is 0. The SMILES string of the molecule is CC(C)N1CC[N+](C)(CCP(=O)(O)O)CC1. The fourth-order valence-corrected chi connectivity index (χ4v) is 2.82. The Labute approximate surface area is 97.8 Å². The molecule has 0 atom stereocenters. The molecule has 0 unspecified atom stereocenters. The van der Waals surface area contributed by atoms with Crippen molar-refractivity contribution in [2.45, 2.75) is 19.9 Å². The molecular weight excluding hydrogens is 227 g/mol. The van der Waals surface area contributed by atoms with E-state index >= 15 is 0 Å². The average Bonchev–Trinajstić information content (AvgIpc) is 2.15. The van der Waals surface area contributed by atoms with Gasteiger partial charge in [0.25, 0.3) is 0 Å². The van der Waals surface area contributed by atoms with Crippen LogP contribution in [0.2, 0.25) is 0 Å². The zero-order chi connectivity index (χ0) is 12.4. The monoisotopic (exact) mass is 251 g/mol. The Hall–Kier alpha value is 0.0700. The van der Waals surface area contributed by atoms with E-state index in [1.54, 1.807) is 0 Å². The van der Waals surface area contributed by atoms with Gasteiger partial charge < -0.3 is 14.3 Å². The van der Waals surface area contributed by atoms with Crippen molar-refractivity contribution in [2.24, 2.45) is 0 Å². The molecule has 0 amide bonds. The van der Waals surface area contributed by atoms with Crippen LogP contribution < -0.4 is 0 Å². The predicted octanol–water partition coefficient (Wildman–Crippen LogP) is 0.335. The molecule has 1 rings (SSSR count). The summed E-state index contributed by atoms with van der Waals surface area (Å²) < 4.78 is 11.6. The fourth-order valence-electron chi connectivity index (χ4n) is 2.08. The third kappa shape index (κ3) is 4.52. The zero-order valence-corrected chi connectivity index (χ0v) is 11.4. The molecule has 5 nitrogen and oxygen atoms in total. The topological polar surface area (TPSA) is 60.8 Å². The third-order valence-electron chi connectivity index (χ3n) is 3.52. The first-order valence-corrected chi connectivity index (χ1v) is 7.64. The van der Waals surface area contributed by atoms with Crippen molar-refractivity contribution >= 4 is 7.60 Å². The van der Waals surface area contributed by atoms with E-state index in [0.29, 0.717) is 12.6 Å². The van der Waals surface area contributed by atoms with Crippen LogP contribution in [0.15, 0.2) is 0 Å². The van der Waals surface area contributed by atoms with Crippen molar-refractivity contribution in [1.82, 2.24) is 4.90 Å². The molecule has 1 saturated heterocycles. The Morgan fingerprint density at radius 3 is 2.19 bits per heavy atom. The van der Waals surface area contributed by atoms with Gasteiger partial charge in [-0.25, -0.2) is 0 Å². The van der Waals surface area contributed by atoms with E-state index in [4.69, 9.17) is 9.79 Å². The van der Waals surface area contributed by atoms with Crippen LogP contribution in [0, 0.1) is 0 Å². The van der Waals surface area contributed by atoms with Gasteiger partial charge in [-0.05, 0) is 13.8 Å². The molecule has 1 fully saturated rings. The van der Waals surface area contributed by atoms with E-state index in [-0.39, 0.29) is 6.16 Å². The number of piperazine rings is 1. The summed E-state index contributed by atoms with van der Waals surface area (Å²) in [6.07, 6.45) is 0.00514. The van der Waals surface area contributed by atoms with Crippen LogP contribution >= 0.6 is 7.60 Å². The van der Waals surface area contributed by atoms with Crippen molar-refractivity contribution in [3.8, 4) is 0 Å². The van der Waals surface area contributed by atoms with Gasteiger partial charge in [0.05, 0.1) is 32.8 Å². The van der Waals surface area contributed by atoms with E-state index in [9.17, 15) is 4.57 Å². The lowest BCUT2D eigenvalue weighted by atomic mass is 10.2. The lowest BCUT2D eigenvalue weighted by Gasteiger charge is -2.43. The quantitative estimate of drug-likeness (QED) is 0.558. The van der Waals surface area contributed by atoms with Gasteiger partial charge in [-0.15, -0.1) is 0 Å². The van der Waals surface area contributed by atoms with Gasteiger partial charge in [-0.1, -0.05) is 0 Å². The first-order valence-electron chi connectivity index (χ1n) is 5.84. The van der Waals surface area contributed by atoms with Crippen LogP contribution in [0.1, 0.15) is 13.8 Å². The maximum Gasteiger partial charge on any atom is 0.331 e. The molecule has 0 radical (unpaired) electrons. The summed E-state index contributed by atoms with van der Waals surface area (Å²) in [5, 5.41) is 0. The van der Waals surface area contributed by atoms with E-state index in [2.05, 4.69) is 25.8 Å². The van der Waals surface area contributed by atoms with Crippen LogP contribution in [0.25, 0.3) is 0 Å². The molecule has 1 heterocycles. The molecule has 96 valence electrons. The smallest absolute Gasteiger partial charge is 0.324 e. The summed E-state index contributed by atoms with van der Waals surface area (Å²) in [6, 6.07) is 0.565. The largest absolute Gasteiger partial charge is 0.331 e. The summed E-state index contributed by atoms with van der Waals surface area (Å²) in [7, 11) is -1.75. The fraction of sp³-hybridized carbons (Fsp3) is 1.00. The van der Waals surface area contributed by atoms with Crippen molar-refractivity contribution in [3.63, 3.8) is 0 Å². The molecule has 0 saturated carbocycles. The van der Waals surface area contributed by atoms with Gasteiger partial charge in [-0.3, -0.25) is 9.46 Å². The van der Waals surface area contributed by atoms with Crippen LogP contribution in [-0.4, -0.2) is 71.1 Å². The zero-order valence-electron chi connectivity index (χ0n) is 10.5. The van der Waals surface area contributed by atoms with Crippen LogP contribution in [0.5, 0.6) is 0 Å². The summed E-state index contributed by atoms with van der Waals surface area (Å²) in [6.45, 7) is 8.97. The van der Waals surface area contributed by atoms with E-state index in [0.717, 1.165) is 30.7 Å². The second kappa shape index (κ2) is 5.15. The molecule has 0 spiro atoms. The van der Waals surface area contributed by atoms with Crippen molar-refractivity contribution in [1.29, 1.82) is 0 Å². The number of hydrogen-bond acceptors (Lipinski definition) is 2. The summed E-state index contributed by atoms with van der Waals surface area (Å²) >= 11 is 0. The van der Waals surface area contributed by atoms with Gasteiger partial charge >= 0.3 is 7.60 Å². The molecule has 0 aromatic heterocycles. The molecule has 16 heavy (non-hydrogen) atoms. The predicted molar refractivity (Wildman–Crippen MR) is 64.4 cm³/mol.